The standard InChI is InChI=1S/C26H36N2O/c1-16-6-20-15-25(2,3)27-22(21(20)10-23(16)28(4)5)11-24(29)26-12-17-7-18(13-26)9-19(8-17)14-26/h6,10,17-19H,7-9,11-15H2,1-5H3. The van der Waals surface area contributed by atoms with Crippen LogP contribution in [-0.4, -0.2) is 31.1 Å². The Labute approximate surface area is 176 Å². The average molecular weight is 393 g/mol. The Morgan fingerprint density at radius 3 is 2.21 bits per heavy atom. The van der Waals surface area contributed by atoms with Crippen molar-refractivity contribution in [1.82, 2.24) is 0 Å². The summed E-state index contributed by atoms with van der Waals surface area (Å²) in [6.07, 6.45) is 9.08. The van der Waals surface area contributed by atoms with E-state index in [4.69, 9.17) is 4.99 Å². The molecule has 4 saturated carbocycles. The van der Waals surface area contributed by atoms with Gasteiger partial charge in [-0.05, 0) is 101 Å². The number of aliphatic imine (C=N–C) groups is 1. The van der Waals surface area contributed by atoms with Crippen LogP contribution in [0.2, 0.25) is 0 Å². The summed E-state index contributed by atoms with van der Waals surface area (Å²) in [6.45, 7) is 6.61. The molecule has 4 fully saturated rings. The second-order valence-electron chi connectivity index (χ2n) is 11.5. The third-order valence-corrected chi connectivity index (χ3v) is 8.23. The van der Waals surface area contributed by atoms with Gasteiger partial charge in [0.25, 0.3) is 0 Å². The van der Waals surface area contributed by atoms with Gasteiger partial charge in [-0.1, -0.05) is 6.07 Å². The van der Waals surface area contributed by atoms with Gasteiger partial charge in [-0.15, -0.1) is 0 Å². The SMILES string of the molecule is Cc1cc2c(cc1N(C)C)C(CC(=O)C13CC4CC(CC(C4)C1)C3)=NC(C)(C)C2. The van der Waals surface area contributed by atoms with Crippen molar-refractivity contribution in [3.63, 3.8) is 0 Å². The average Bonchev–Trinajstić information content (AvgIpc) is 2.58. The number of hydrogen-bond acceptors (Lipinski definition) is 3. The molecule has 0 atom stereocenters. The maximum absolute atomic E-state index is 13.8. The van der Waals surface area contributed by atoms with E-state index in [-0.39, 0.29) is 11.0 Å². The van der Waals surface area contributed by atoms with Gasteiger partial charge in [0.15, 0.2) is 0 Å². The van der Waals surface area contributed by atoms with E-state index < -0.39 is 0 Å². The molecular formula is C26H36N2O. The lowest BCUT2D eigenvalue weighted by molar-refractivity contribution is -0.142. The van der Waals surface area contributed by atoms with Crippen LogP contribution < -0.4 is 4.90 Å². The molecule has 3 nitrogen and oxygen atoms in total. The van der Waals surface area contributed by atoms with Crippen LogP contribution in [0.1, 0.15) is 75.5 Å². The highest BCUT2D eigenvalue weighted by molar-refractivity contribution is 6.14. The Morgan fingerprint density at radius 2 is 1.66 bits per heavy atom. The topological polar surface area (TPSA) is 32.7 Å². The second kappa shape index (κ2) is 6.43. The molecule has 4 aliphatic carbocycles. The molecule has 0 amide bonds. The molecule has 5 aliphatic rings. The molecule has 0 unspecified atom stereocenters. The normalized spacial score (nSPS) is 34.0. The van der Waals surface area contributed by atoms with E-state index in [1.165, 1.54) is 41.6 Å². The van der Waals surface area contributed by atoms with Gasteiger partial charge in [0.1, 0.15) is 5.78 Å². The minimum Gasteiger partial charge on any atom is -0.377 e. The Bertz CT molecular complexity index is 857. The maximum Gasteiger partial charge on any atom is 0.145 e. The molecule has 6 rings (SSSR count). The summed E-state index contributed by atoms with van der Waals surface area (Å²) in [5.74, 6) is 2.92. The van der Waals surface area contributed by atoms with Crippen molar-refractivity contribution in [2.45, 2.75) is 77.7 Å². The third-order valence-electron chi connectivity index (χ3n) is 8.23. The fourth-order valence-electron chi connectivity index (χ4n) is 7.51. The largest absolute Gasteiger partial charge is 0.377 e. The molecule has 0 saturated heterocycles. The predicted molar refractivity (Wildman–Crippen MR) is 120 cm³/mol. The lowest BCUT2D eigenvalue weighted by Gasteiger charge is -2.56. The summed E-state index contributed by atoms with van der Waals surface area (Å²) >= 11 is 0. The molecule has 1 aromatic carbocycles. The van der Waals surface area contributed by atoms with Crippen molar-refractivity contribution in [2.24, 2.45) is 28.2 Å². The smallest absolute Gasteiger partial charge is 0.145 e. The van der Waals surface area contributed by atoms with E-state index in [0.717, 1.165) is 49.1 Å². The summed E-state index contributed by atoms with van der Waals surface area (Å²) < 4.78 is 0. The number of carbonyl (C=O) groups excluding carboxylic acids is 1. The Morgan fingerprint density at radius 1 is 1.07 bits per heavy atom. The highest BCUT2D eigenvalue weighted by Gasteiger charge is 2.54. The van der Waals surface area contributed by atoms with Crippen LogP contribution >= 0.6 is 0 Å². The number of ketones is 1. The molecule has 0 N–H and O–H groups in total. The molecule has 0 radical (unpaired) electrons. The predicted octanol–water partition coefficient (Wildman–Crippen LogP) is 5.36. The van der Waals surface area contributed by atoms with Crippen LogP contribution in [0.3, 0.4) is 0 Å². The zero-order chi connectivity index (χ0) is 20.6. The van der Waals surface area contributed by atoms with Crippen LogP contribution in [-0.2, 0) is 11.2 Å². The number of aryl methyl sites for hydroxylation is 1. The highest BCUT2D eigenvalue weighted by Crippen LogP contribution is 2.60. The number of anilines is 1. The molecule has 3 heteroatoms. The van der Waals surface area contributed by atoms with Crippen LogP contribution in [0.5, 0.6) is 0 Å². The Balaban J connectivity index is 1.49. The molecular weight excluding hydrogens is 356 g/mol. The fraction of sp³-hybridized carbons (Fsp3) is 0.692. The zero-order valence-corrected chi connectivity index (χ0v) is 18.8. The molecule has 0 spiro atoms. The van der Waals surface area contributed by atoms with E-state index in [1.54, 1.807) is 0 Å². The van der Waals surface area contributed by atoms with Crippen molar-refractivity contribution in [2.75, 3.05) is 19.0 Å². The van der Waals surface area contributed by atoms with E-state index in [1.807, 2.05) is 0 Å². The monoisotopic (exact) mass is 392 g/mol. The molecule has 0 aromatic heterocycles. The summed E-state index contributed by atoms with van der Waals surface area (Å²) in [5, 5.41) is 0. The first-order valence-corrected chi connectivity index (χ1v) is 11.6. The van der Waals surface area contributed by atoms with Crippen LogP contribution in [0.15, 0.2) is 17.1 Å². The molecule has 1 aliphatic heterocycles. The van der Waals surface area contributed by atoms with Crippen LogP contribution in [0.4, 0.5) is 5.69 Å². The van der Waals surface area contributed by atoms with Crippen molar-refractivity contribution in [3.8, 4) is 0 Å². The first kappa shape index (κ1) is 19.3. The lowest BCUT2D eigenvalue weighted by Crippen LogP contribution is -2.50. The fourth-order valence-corrected chi connectivity index (χ4v) is 7.51. The second-order valence-corrected chi connectivity index (χ2v) is 11.5. The quantitative estimate of drug-likeness (QED) is 0.691. The minimum absolute atomic E-state index is 0.0336. The number of hydrogen-bond donors (Lipinski definition) is 0. The van der Waals surface area contributed by atoms with Crippen molar-refractivity contribution >= 4 is 17.2 Å². The number of Topliss-reactive ketones (excluding diaryl/α,β-unsaturated/α-hetero) is 1. The third kappa shape index (κ3) is 3.25. The maximum atomic E-state index is 13.8. The summed E-state index contributed by atoms with van der Waals surface area (Å²) in [6, 6.07) is 4.61. The number of fused-ring (bicyclic) bond motifs is 1. The van der Waals surface area contributed by atoms with Gasteiger partial charge >= 0.3 is 0 Å². The summed E-state index contributed by atoms with van der Waals surface area (Å²) in [5.41, 5.74) is 6.00. The minimum atomic E-state index is -0.129. The first-order chi connectivity index (χ1) is 13.6. The lowest BCUT2D eigenvalue weighted by atomic mass is 9.48. The number of nitrogens with zero attached hydrogens (tertiary/aromatic N) is 2. The van der Waals surface area contributed by atoms with Crippen molar-refractivity contribution < 1.29 is 4.79 Å². The van der Waals surface area contributed by atoms with Gasteiger partial charge in [-0.2, -0.15) is 0 Å². The molecule has 29 heavy (non-hydrogen) atoms. The van der Waals surface area contributed by atoms with E-state index in [9.17, 15) is 4.79 Å². The van der Waals surface area contributed by atoms with Crippen molar-refractivity contribution in [1.29, 1.82) is 0 Å². The summed E-state index contributed by atoms with van der Waals surface area (Å²) in [7, 11) is 4.19. The first-order valence-electron chi connectivity index (χ1n) is 11.6. The van der Waals surface area contributed by atoms with Gasteiger partial charge < -0.3 is 4.90 Å². The van der Waals surface area contributed by atoms with Crippen molar-refractivity contribution in [3.05, 3.63) is 28.8 Å². The number of rotatable bonds is 4. The Kier molecular flexibility index (Phi) is 4.28. The highest BCUT2D eigenvalue weighted by atomic mass is 16.1. The van der Waals surface area contributed by atoms with Gasteiger partial charge in [0.05, 0.1) is 11.3 Å². The molecule has 1 heterocycles. The van der Waals surface area contributed by atoms with E-state index in [2.05, 4.69) is 51.9 Å². The molecule has 1 aromatic rings. The molecule has 156 valence electrons. The summed E-state index contributed by atoms with van der Waals surface area (Å²) in [4.78, 5) is 21.1. The van der Waals surface area contributed by atoms with Gasteiger partial charge in [-0.3, -0.25) is 9.79 Å². The van der Waals surface area contributed by atoms with Gasteiger partial charge in [-0.25, -0.2) is 0 Å². The van der Waals surface area contributed by atoms with Gasteiger partial charge in [0, 0.05) is 37.2 Å². The van der Waals surface area contributed by atoms with E-state index >= 15 is 0 Å². The van der Waals surface area contributed by atoms with Gasteiger partial charge in [0.2, 0.25) is 0 Å². The van der Waals surface area contributed by atoms with Crippen LogP contribution in [0.25, 0.3) is 0 Å². The van der Waals surface area contributed by atoms with Crippen LogP contribution in [0, 0.1) is 30.1 Å². The molecule has 4 bridgehead atoms. The number of benzene rings is 1. The number of carbonyl (C=O) groups is 1. The zero-order valence-electron chi connectivity index (χ0n) is 18.8. The van der Waals surface area contributed by atoms with E-state index in [0.29, 0.717) is 12.2 Å². The Hall–Kier alpha value is -1.64.